The highest BCUT2D eigenvalue weighted by Crippen LogP contribution is 2.18. The highest BCUT2D eigenvalue weighted by atomic mass is 19.1. The standard InChI is InChI=1S/C15H12FN3O4/c16-12-6-4-11(5-7-12)9-17-18-15(20)10-23-14-3-1-2-13(8-14)19(21)22/h1-9H,10H2,(H,18,20)/b17-9-. The highest BCUT2D eigenvalue weighted by molar-refractivity contribution is 5.82. The second kappa shape index (κ2) is 7.64. The Bertz CT molecular complexity index is 732. The zero-order chi connectivity index (χ0) is 16.7. The number of benzene rings is 2. The molecule has 0 heterocycles. The lowest BCUT2D eigenvalue weighted by Crippen LogP contribution is -2.24. The van der Waals surface area contributed by atoms with E-state index in [1.165, 1.54) is 54.7 Å². The molecule has 118 valence electrons. The van der Waals surface area contributed by atoms with Gasteiger partial charge in [-0.3, -0.25) is 14.9 Å². The Morgan fingerprint density at radius 1 is 1.30 bits per heavy atom. The zero-order valence-corrected chi connectivity index (χ0v) is 11.8. The molecule has 0 radical (unpaired) electrons. The summed E-state index contributed by atoms with van der Waals surface area (Å²) in [5.41, 5.74) is 2.72. The fourth-order valence-electron chi connectivity index (χ4n) is 1.60. The molecule has 2 aromatic carbocycles. The number of carbonyl (C=O) groups is 1. The van der Waals surface area contributed by atoms with E-state index in [0.717, 1.165) is 0 Å². The quantitative estimate of drug-likeness (QED) is 0.502. The molecule has 1 N–H and O–H groups in total. The van der Waals surface area contributed by atoms with Crippen molar-refractivity contribution in [1.82, 2.24) is 5.43 Å². The smallest absolute Gasteiger partial charge is 0.277 e. The maximum absolute atomic E-state index is 12.7. The van der Waals surface area contributed by atoms with Crippen molar-refractivity contribution in [2.45, 2.75) is 0 Å². The monoisotopic (exact) mass is 317 g/mol. The van der Waals surface area contributed by atoms with Gasteiger partial charge in [0, 0.05) is 6.07 Å². The van der Waals surface area contributed by atoms with Crippen LogP contribution in [0.25, 0.3) is 0 Å². The molecule has 0 atom stereocenters. The van der Waals surface area contributed by atoms with Crippen molar-refractivity contribution in [2.24, 2.45) is 5.10 Å². The van der Waals surface area contributed by atoms with Gasteiger partial charge < -0.3 is 4.74 Å². The van der Waals surface area contributed by atoms with E-state index >= 15 is 0 Å². The van der Waals surface area contributed by atoms with Crippen molar-refractivity contribution in [3.8, 4) is 5.75 Å². The van der Waals surface area contributed by atoms with Crippen LogP contribution in [0.15, 0.2) is 53.6 Å². The Hall–Kier alpha value is -3.29. The van der Waals surface area contributed by atoms with Crippen LogP contribution in [0.4, 0.5) is 10.1 Å². The Morgan fingerprint density at radius 2 is 2.04 bits per heavy atom. The van der Waals surface area contributed by atoms with Gasteiger partial charge in [0.25, 0.3) is 11.6 Å². The molecule has 0 saturated carbocycles. The van der Waals surface area contributed by atoms with Crippen LogP contribution in [-0.4, -0.2) is 23.7 Å². The summed E-state index contributed by atoms with van der Waals surface area (Å²) < 4.78 is 17.8. The summed E-state index contributed by atoms with van der Waals surface area (Å²) >= 11 is 0. The number of hydrogen-bond donors (Lipinski definition) is 1. The largest absolute Gasteiger partial charge is 0.483 e. The molecule has 0 saturated heterocycles. The molecule has 0 aliphatic rings. The summed E-state index contributed by atoms with van der Waals surface area (Å²) in [5.74, 6) is -0.691. The number of nitrogens with zero attached hydrogens (tertiary/aromatic N) is 2. The van der Waals surface area contributed by atoms with E-state index in [-0.39, 0.29) is 23.9 Å². The Kier molecular flexibility index (Phi) is 5.35. The molecule has 0 unspecified atom stereocenters. The van der Waals surface area contributed by atoms with Crippen LogP contribution >= 0.6 is 0 Å². The van der Waals surface area contributed by atoms with E-state index in [4.69, 9.17) is 4.74 Å². The number of ether oxygens (including phenoxy) is 1. The first kappa shape index (κ1) is 16.1. The molecule has 0 fully saturated rings. The number of non-ortho nitro benzene ring substituents is 1. The van der Waals surface area contributed by atoms with E-state index in [2.05, 4.69) is 10.5 Å². The number of rotatable bonds is 6. The lowest BCUT2D eigenvalue weighted by atomic mass is 10.2. The summed E-state index contributed by atoms with van der Waals surface area (Å²) in [4.78, 5) is 21.6. The second-order valence-corrected chi connectivity index (χ2v) is 4.39. The summed E-state index contributed by atoms with van der Waals surface area (Å²) in [6.45, 7) is -0.345. The number of amides is 1. The molecule has 0 aliphatic carbocycles. The maximum atomic E-state index is 12.7. The first-order valence-corrected chi connectivity index (χ1v) is 6.49. The van der Waals surface area contributed by atoms with Gasteiger partial charge in [-0.2, -0.15) is 5.10 Å². The van der Waals surface area contributed by atoms with Crippen LogP contribution in [0.1, 0.15) is 5.56 Å². The van der Waals surface area contributed by atoms with Crippen LogP contribution in [0.5, 0.6) is 5.75 Å². The van der Waals surface area contributed by atoms with Crippen molar-refractivity contribution < 1.29 is 18.8 Å². The fourth-order valence-corrected chi connectivity index (χ4v) is 1.60. The van der Waals surface area contributed by atoms with Gasteiger partial charge in [0.2, 0.25) is 0 Å². The molecule has 2 rings (SSSR count). The SMILES string of the molecule is O=C(COc1cccc([N+](=O)[O-])c1)N/N=C\c1ccc(F)cc1. The number of halogens is 1. The van der Waals surface area contributed by atoms with Gasteiger partial charge in [0.05, 0.1) is 17.2 Å². The van der Waals surface area contributed by atoms with Gasteiger partial charge in [-0.15, -0.1) is 0 Å². The third kappa shape index (κ3) is 5.20. The van der Waals surface area contributed by atoms with E-state index in [9.17, 15) is 19.3 Å². The number of hydrogen-bond acceptors (Lipinski definition) is 5. The lowest BCUT2D eigenvalue weighted by Gasteiger charge is -2.04. The molecular formula is C15H12FN3O4. The van der Waals surface area contributed by atoms with Crippen LogP contribution in [0.3, 0.4) is 0 Å². The van der Waals surface area contributed by atoms with Crippen LogP contribution in [-0.2, 0) is 4.79 Å². The van der Waals surface area contributed by atoms with Gasteiger partial charge >= 0.3 is 0 Å². The number of nitrogens with one attached hydrogen (secondary N) is 1. The number of carbonyl (C=O) groups excluding carboxylic acids is 1. The van der Waals surface area contributed by atoms with Crippen molar-refractivity contribution >= 4 is 17.8 Å². The normalized spacial score (nSPS) is 10.5. The summed E-state index contributed by atoms with van der Waals surface area (Å²) in [7, 11) is 0. The van der Waals surface area contributed by atoms with Crippen molar-refractivity contribution in [3.63, 3.8) is 0 Å². The lowest BCUT2D eigenvalue weighted by molar-refractivity contribution is -0.384. The second-order valence-electron chi connectivity index (χ2n) is 4.39. The predicted molar refractivity (Wildman–Crippen MR) is 80.7 cm³/mol. The zero-order valence-electron chi connectivity index (χ0n) is 11.8. The van der Waals surface area contributed by atoms with E-state index in [1.807, 2.05) is 0 Å². The minimum absolute atomic E-state index is 0.128. The number of nitro groups is 1. The average Bonchev–Trinajstić information content (AvgIpc) is 2.55. The summed E-state index contributed by atoms with van der Waals surface area (Å²) in [6, 6.07) is 11.0. The molecule has 0 aromatic heterocycles. The third-order valence-electron chi connectivity index (χ3n) is 2.67. The van der Waals surface area contributed by atoms with Crippen LogP contribution in [0.2, 0.25) is 0 Å². The molecule has 0 aliphatic heterocycles. The molecular weight excluding hydrogens is 305 g/mol. The van der Waals surface area contributed by atoms with Crippen molar-refractivity contribution in [3.05, 3.63) is 70.0 Å². The first-order valence-electron chi connectivity index (χ1n) is 6.49. The van der Waals surface area contributed by atoms with Crippen molar-refractivity contribution in [2.75, 3.05) is 6.61 Å². The fraction of sp³-hybridized carbons (Fsp3) is 0.0667. The summed E-state index contributed by atoms with van der Waals surface area (Å²) in [6.07, 6.45) is 1.35. The molecule has 0 spiro atoms. The number of nitro benzene ring substituents is 1. The third-order valence-corrected chi connectivity index (χ3v) is 2.67. The molecule has 23 heavy (non-hydrogen) atoms. The van der Waals surface area contributed by atoms with Crippen LogP contribution in [0, 0.1) is 15.9 Å². The van der Waals surface area contributed by atoms with E-state index < -0.39 is 10.8 Å². The number of hydrazone groups is 1. The molecule has 7 nitrogen and oxygen atoms in total. The topological polar surface area (TPSA) is 93.8 Å². The summed E-state index contributed by atoms with van der Waals surface area (Å²) in [5, 5.41) is 14.3. The van der Waals surface area contributed by atoms with Gasteiger partial charge in [-0.25, -0.2) is 9.82 Å². The Labute approximate surface area is 130 Å². The predicted octanol–water partition coefficient (Wildman–Crippen LogP) is 2.26. The minimum atomic E-state index is -0.556. The molecule has 2 aromatic rings. The average molecular weight is 317 g/mol. The van der Waals surface area contributed by atoms with Gasteiger partial charge in [0.15, 0.2) is 6.61 Å². The van der Waals surface area contributed by atoms with Gasteiger partial charge in [0.1, 0.15) is 11.6 Å². The molecule has 0 bridgehead atoms. The van der Waals surface area contributed by atoms with Crippen LogP contribution < -0.4 is 10.2 Å². The highest BCUT2D eigenvalue weighted by Gasteiger charge is 2.07. The van der Waals surface area contributed by atoms with E-state index in [0.29, 0.717) is 5.56 Å². The minimum Gasteiger partial charge on any atom is -0.483 e. The van der Waals surface area contributed by atoms with Crippen molar-refractivity contribution in [1.29, 1.82) is 0 Å². The first-order chi connectivity index (χ1) is 11.0. The van der Waals surface area contributed by atoms with E-state index in [1.54, 1.807) is 0 Å². The maximum Gasteiger partial charge on any atom is 0.277 e. The molecule has 8 heteroatoms. The van der Waals surface area contributed by atoms with Gasteiger partial charge in [-0.05, 0) is 23.8 Å². The van der Waals surface area contributed by atoms with Gasteiger partial charge in [-0.1, -0.05) is 18.2 Å². The Balaban J connectivity index is 1.82. The Morgan fingerprint density at radius 3 is 2.74 bits per heavy atom. The molecule has 1 amide bonds.